The van der Waals surface area contributed by atoms with Gasteiger partial charge in [0, 0.05) is 12.1 Å². The lowest BCUT2D eigenvalue weighted by molar-refractivity contribution is 0.128. The van der Waals surface area contributed by atoms with Crippen LogP contribution in [0.2, 0.25) is 0 Å². The molecule has 1 aromatic rings. The molecule has 21 heavy (non-hydrogen) atoms. The monoisotopic (exact) mass is 293 g/mol. The van der Waals surface area contributed by atoms with Crippen LogP contribution in [0.4, 0.5) is 4.39 Å². The first-order valence-electron chi connectivity index (χ1n) is 8.38. The van der Waals surface area contributed by atoms with Gasteiger partial charge in [-0.05, 0) is 62.8 Å². The standard InChI is InChI=1S/C18H28FNO/c1-3-11-20-13-15-12-16(19)7-10-18(15)21-17-8-5-14(4-2)6-9-17/h7,10,12,14,17,20H,3-6,8-9,11,13H2,1-2H3. The summed E-state index contributed by atoms with van der Waals surface area (Å²) in [7, 11) is 0. The third-order valence-corrected chi connectivity index (χ3v) is 4.43. The highest BCUT2D eigenvalue weighted by Gasteiger charge is 2.22. The van der Waals surface area contributed by atoms with Crippen molar-refractivity contribution in [2.45, 2.75) is 65.0 Å². The Labute approximate surface area is 128 Å². The van der Waals surface area contributed by atoms with Crippen molar-refractivity contribution in [2.75, 3.05) is 6.54 Å². The Balaban J connectivity index is 1.95. The fourth-order valence-corrected chi connectivity index (χ4v) is 3.04. The molecular weight excluding hydrogens is 265 g/mol. The van der Waals surface area contributed by atoms with Crippen molar-refractivity contribution >= 4 is 0 Å². The van der Waals surface area contributed by atoms with Gasteiger partial charge in [-0.1, -0.05) is 20.3 Å². The lowest BCUT2D eigenvalue weighted by Gasteiger charge is -2.29. The Hall–Kier alpha value is -1.09. The molecule has 0 spiro atoms. The Bertz CT molecular complexity index is 427. The third kappa shape index (κ3) is 4.99. The average Bonchev–Trinajstić information content (AvgIpc) is 2.51. The zero-order valence-corrected chi connectivity index (χ0v) is 13.3. The molecule has 1 saturated carbocycles. The molecule has 0 atom stereocenters. The van der Waals surface area contributed by atoms with Crippen LogP contribution in [0.25, 0.3) is 0 Å². The first-order chi connectivity index (χ1) is 10.2. The minimum absolute atomic E-state index is 0.190. The van der Waals surface area contributed by atoms with E-state index in [0.29, 0.717) is 12.6 Å². The largest absolute Gasteiger partial charge is 0.490 e. The summed E-state index contributed by atoms with van der Waals surface area (Å²) in [6.45, 7) is 6.01. The Morgan fingerprint density at radius 2 is 1.95 bits per heavy atom. The highest BCUT2D eigenvalue weighted by molar-refractivity contribution is 5.34. The summed E-state index contributed by atoms with van der Waals surface area (Å²) in [5.41, 5.74) is 0.932. The molecule has 0 heterocycles. The van der Waals surface area contributed by atoms with Gasteiger partial charge in [0.15, 0.2) is 0 Å². The van der Waals surface area contributed by atoms with Crippen LogP contribution in [-0.2, 0) is 6.54 Å². The zero-order chi connectivity index (χ0) is 15.1. The molecule has 2 nitrogen and oxygen atoms in total. The molecule has 0 aliphatic heterocycles. The van der Waals surface area contributed by atoms with Gasteiger partial charge in [0.25, 0.3) is 0 Å². The summed E-state index contributed by atoms with van der Waals surface area (Å²) in [6.07, 6.45) is 7.40. The molecule has 2 rings (SSSR count). The van der Waals surface area contributed by atoms with Crippen molar-refractivity contribution in [1.82, 2.24) is 5.32 Å². The fourth-order valence-electron chi connectivity index (χ4n) is 3.04. The molecule has 0 aromatic heterocycles. The minimum atomic E-state index is -0.190. The van der Waals surface area contributed by atoms with Crippen molar-refractivity contribution < 1.29 is 9.13 Å². The van der Waals surface area contributed by atoms with E-state index in [-0.39, 0.29) is 5.82 Å². The molecule has 1 aliphatic carbocycles. The fraction of sp³-hybridized carbons (Fsp3) is 0.667. The predicted molar refractivity (Wildman–Crippen MR) is 85.1 cm³/mol. The number of benzene rings is 1. The Kier molecular flexibility index (Phi) is 6.50. The van der Waals surface area contributed by atoms with E-state index >= 15 is 0 Å². The van der Waals surface area contributed by atoms with E-state index in [9.17, 15) is 4.39 Å². The van der Waals surface area contributed by atoms with Gasteiger partial charge in [0.1, 0.15) is 11.6 Å². The Morgan fingerprint density at radius 1 is 1.19 bits per heavy atom. The molecule has 118 valence electrons. The van der Waals surface area contributed by atoms with Gasteiger partial charge in [0.2, 0.25) is 0 Å². The highest BCUT2D eigenvalue weighted by atomic mass is 19.1. The van der Waals surface area contributed by atoms with E-state index in [4.69, 9.17) is 4.74 Å². The van der Waals surface area contributed by atoms with Gasteiger partial charge >= 0.3 is 0 Å². The molecule has 0 bridgehead atoms. The van der Waals surface area contributed by atoms with Crippen molar-refractivity contribution in [1.29, 1.82) is 0 Å². The normalized spacial score (nSPS) is 22.2. The van der Waals surface area contributed by atoms with Crippen LogP contribution in [0.1, 0.15) is 57.9 Å². The first-order valence-corrected chi connectivity index (χ1v) is 8.38. The maximum atomic E-state index is 13.4. The van der Waals surface area contributed by atoms with E-state index in [0.717, 1.165) is 43.0 Å². The van der Waals surface area contributed by atoms with Gasteiger partial charge in [-0.25, -0.2) is 4.39 Å². The average molecular weight is 293 g/mol. The third-order valence-electron chi connectivity index (χ3n) is 4.43. The summed E-state index contributed by atoms with van der Waals surface area (Å²) in [5.74, 6) is 1.52. The van der Waals surface area contributed by atoms with Crippen LogP contribution in [0.15, 0.2) is 18.2 Å². The van der Waals surface area contributed by atoms with Crippen LogP contribution in [0, 0.1) is 11.7 Å². The van der Waals surface area contributed by atoms with E-state index in [1.807, 2.05) is 0 Å². The number of rotatable bonds is 7. The van der Waals surface area contributed by atoms with Crippen molar-refractivity contribution in [3.05, 3.63) is 29.6 Å². The SMILES string of the molecule is CCCNCc1cc(F)ccc1OC1CCC(CC)CC1. The second kappa shape index (κ2) is 8.38. The summed E-state index contributed by atoms with van der Waals surface area (Å²) < 4.78 is 19.6. The molecule has 1 aliphatic rings. The molecule has 0 amide bonds. The van der Waals surface area contributed by atoms with E-state index in [1.54, 1.807) is 12.1 Å². The quantitative estimate of drug-likeness (QED) is 0.737. The number of hydrogen-bond donors (Lipinski definition) is 1. The predicted octanol–water partition coefficient (Wildman–Crippen LogP) is 4.67. The van der Waals surface area contributed by atoms with Crippen molar-refractivity contribution in [3.63, 3.8) is 0 Å². The number of nitrogens with one attached hydrogen (secondary N) is 1. The van der Waals surface area contributed by atoms with Crippen LogP contribution in [0.5, 0.6) is 5.75 Å². The van der Waals surface area contributed by atoms with Crippen molar-refractivity contribution in [2.24, 2.45) is 5.92 Å². The van der Waals surface area contributed by atoms with E-state index in [2.05, 4.69) is 19.2 Å². The summed E-state index contributed by atoms with van der Waals surface area (Å²) in [4.78, 5) is 0. The number of ether oxygens (including phenoxy) is 1. The number of hydrogen-bond acceptors (Lipinski definition) is 2. The highest BCUT2D eigenvalue weighted by Crippen LogP contribution is 2.30. The van der Waals surface area contributed by atoms with Crippen LogP contribution in [-0.4, -0.2) is 12.6 Å². The van der Waals surface area contributed by atoms with Crippen molar-refractivity contribution in [3.8, 4) is 5.75 Å². The topological polar surface area (TPSA) is 21.3 Å². The molecular formula is C18H28FNO. The Morgan fingerprint density at radius 3 is 2.62 bits per heavy atom. The van der Waals surface area contributed by atoms with Gasteiger partial charge in [0.05, 0.1) is 6.10 Å². The van der Waals surface area contributed by atoms with Crippen LogP contribution in [0.3, 0.4) is 0 Å². The zero-order valence-electron chi connectivity index (χ0n) is 13.3. The van der Waals surface area contributed by atoms with Crippen LogP contribution >= 0.6 is 0 Å². The molecule has 0 saturated heterocycles. The molecule has 0 radical (unpaired) electrons. The maximum Gasteiger partial charge on any atom is 0.124 e. The minimum Gasteiger partial charge on any atom is -0.490 e. The van der Waals surface area contributed by atoms with Gasteiger partial charge in [-0.2, -0.15) is 0 Å². The maximum absolute atomic E-state index is 13.4. The van der Waals surface area contributed by atoms with Gasteiger partial charge < -0.3 is 10.1 Å². The summed E-state index contributed by atoms with van der Waals surface area (Å²) >= 11 is 0. The molecule has 0 unspecified atom stereocenters. The molecule has 3 heteroatoms. The first kappa shape index (κ1) is 16.3. The van der Waals surface area contributed by atoms with Gasteiger partial charge in [-0.15, -0.1) is 0 Å². The lowest BCUT2D eigenvalue weighted by atomic mass is 9.86. The summed E-state index contributed by atoms with van der Waals surface area (Å²) in [5, 5.41) is 3.33. The van der Waals surface area contributed by atoms with Crippen LogP contribution < -0.4 is 10.1 Å². The van der Waals surface area contributed by atoms with Gasteiger partial charge in [-0.3, -0.25) is 0 Å². The molecule has 1 aromatic carbocycles. The van der Waals surface area contributed by atoms with E-state index in [1.165, 1.54) is 25.3 Å². The smallest absolute Gasteiger partial charge is 0.124 e. The van der Waals surface area contributed by atoms with E-state index < -0.39 is 0 Å². The second-order valence-corrected chi connectivity index (χ2v) is 6.10. The lowest BCUT2D eigenvalue weighted by Crippen LogP contribution is -2.25. The second-order valence-electron chi connectivity index (χ2n) is 6.10. The molecule has 1 fully saturated rings. The summed E-state index contributed by atoms with van der Waals surface area (Å²) in [6, 6.07) is 4.87. The number of halogens is 1. The molecule has 1 N–H and O–H groups in total.